The molecule has 0 saturated heterocycles. The highest BCUT2D eigenvalue weighted by molar-refractivity contribution is 5.94. The van der Waals surface area contributed by atoms with Gasteiger partial charge in [-0.3, -0.25) is 4.79 Å². The summed E-state index contributed by atoms with van der Waals surface area (Å²) in [6.07, 6.45) is 1.86. The number of carbonyl (C=O) groups is 1. The fraction of sp³-hybridized carbons (Fsp3) is 0.500. The first-order valence-electron chi connectivity index (χ1n) is 6.48. The van der Waals surface area contributed by atoms with Crippen LogP contribution in [0, 0.1) is 17.6 Å². The molecule has 1 unspecified atom stereocenters. The molecular formula is C14H20F2N2O. The Bertz CT molecular complexity index is 433. The Morgan fingerprint density at radius 3 is 2.47 bits per heavy atom. The van der Waals surface area contributed by atoms with E-state index in [4.69, 9.17) is 5.73 Å². The van der Waals surface area contributed by atoms with E-state index in [1.807, 2.05) is 13.8 Å². The van der Waals surface area contributed by atoms with Gasteiger partial charge in [0.15, 0.2) is 0 Å². The van der Waals surface area contributed by atoms with Crippen molar-refractivity contribution in [2.75, 3.05) is 6.54 Å². The van der Waals surface area contributed by atoms with Crippen LogP contribution in [0.3, 0.4) is 0 Å². The van der Waals surface area contributed by atoms with Crippen LogP contribution in [0.2, 0.25) is 0 Å². The van der Waals surface area contributed by atoms with Crippen molar-refractivity contribution in [2.24, 2.45) is 11.7 Å². The second-order valence-electron chi connectivity index (χ2n) is 4.57. The highest BCUT2D eigenvalue weighted by Gasteiger charge is 2.17. The van der Waals surface area contributed by atoms with Crippen LogP contribution in [0.1, 0.15) is 37.0 Å². The maximum absolute atomic E-state index is 13.4. The molecule has 1 atom stereocenters. The summed E-state index contributed by atoms with van der Waals surface area (Å²) in [5.74, 6) is -1.83. The summed E-state index contributed by atoms with van der Waals surface area (Å²) < 4.78 is 26.1. The van der Waals surface area contributed by atoms with E-state index in [1.165, 1.54) is 0 Å². The van der Waals surface area contributed by atoms with E-state index in [0.29, 0.717) is 12.0 Å². The van der Waals surface area contributed by atoms with Gasteiger partial charge in [-0.1, -0.05) is 26.7 Å². The van der Waals surface area contributed by atoms with Crippen LogP contribution in [0.4, 0.5) is 8.78 Å². The fourth-order valence-corrected chi connectivity index (χ4v) is 2.04. The number of hydrogen-bond acceptors (Lipinski definition) is 2. The van der Waals surface area contributed by atoms with Gasteiger partial charge in [0.05, 0.1) is 5.56 Å². The van der Waals surface area contributed by atoms with Crippen LogP contribution >= 0.6 is 0 Å². The first-order chi connectivity index (χ1) is 8.99. The second kappa shape index (κ2) is 7.19. The van der Waals surface area contributed by atoms with Crippen molar-refractivity contribution in [3.63, 3.8) is 0 Å². The largest absolute Gasteiger partial charge is 0.350 e. The van der Waals surface area contributed by atoms with E-state index in [2.05, 4.69) is 5.32 Å². The summed E-state index contributed by atoms with van der Waals surface area (Å²) in [5, 5.41) is 2.58. The van der Waals surface area contributed by atoms with E-state index < -0.39 is 17.5 Å². The average Bonchev–Trinajstić information content (AvgIpc) is 2.37. The van der Waals surface area contributed by atoms with Crippen LogP contribution < -0.4 is 11.1 Å². The normalized spacial score (nSPS) is 12.5. The number of carbonyl (C=O) groups excluding carboxylic acids is 1. The van der Waals surface area contributed by atoms with Crippen molar-refractivity contribution in [3.8, 4) is 0 Å². The van der Waals surface area contributed by atoms with Crippen LogP contribution in [0.15, 0.2) is 18.2 Å². The number of nitrogens with two attached hydrogens (primary N) is 1. The molecule has 19 heavy (non-hydrogen) atoms. The quantitative estimate of drug-likeness (QED) is 0.834. The molecule has 0 spiro atoms. The molecule has 0 fully saturated rings. The standard InChI is InChI=1S/C14H20F2N2O/c1-3-9(4-2)13(17)8-18-14(19)11-6-5-10(15)7-12(11)16/h5-7,9,13H,3-4,8,17H2,1-2H3,(H,18,19). The van der Waals surface area contributed by atoms with Gasteiger partial charge in [-0.05, 0) is 18.1 Å². The average molecular weight is 270 g/mol. The van der Waals surface area contributed by atoms with Crippen molar-refractivity contribution >= 4 is 5.91 Å². The predicted molar refractivity (Wildman–Crippen MR) is 70.7 cm³/mol. The Hall–Kier alpha value is -1.49. The first kappa shape index (κ1) is 15.6. The van der Waals surface area contributed by atoms with E-state index in [-0.39, 0.29) is 18.2 Å². The van der Waals surface area contributed by atoms with Crippen molar-refractivity contribution < 1.29 is 13.6 Å². The molecule has 0 radical (unpaired) electrons. The van der Waals surface area contributed by atoms with E-state index in [1.54, 1.807) is 0 Å². The molecule has 5 heteroatoms. The van der Waals surface area contributed by atoms with Crippen molar-refractivity contribution in [1.82, 2.24) is 5.32 Å². The zero-order valence-electron chi connectivity index (χ0n) is 11.2. The molecule has 0 heterocycles. The van der Waals surface area contributed by atoms with Gasteiger partial charge >= 0.3 is 0 Å². The van der Waals surface area contributed by atoms with Crippen LogP contribution in [0.5, 0.6) is 0 Å². The van der Waals surface area contributed by atoms with Gasteiger partial charge in [-0.2, -0.15) is 0 Å². The summed E-state index contributed by atoms with van der Waals surface area (Å²) in [4.78, 5) is 11.8. The van der Waals surface area contributed by atoms with Crippen molar-refractivity contribution in [2.45, 2.75) is 32.7 Å². The maximum Gasteiger partial charge on any atom is 0.254 e. The van der Waals surface area contributed by atoms with Gasteiger partial charge in [0, 0.05) is 18.7 Å². The minimum atomic E-state index is -0.867. The molecule has 0 aliphatic carbocycles. The van der Waals surface area contributed by atoms with E-state index in [9.17, 15) is 13.6 Å². The molecule has 1 aromatic carbocycles. The van der Waals surface area contributed by atoms with Crippen molar-refractivity contribution in [1.29, 1.82) is 0 Å². The van der Waals surface area contributed by atoms with E-state index in [0.717, 1.165) is 25.0 Å². The lowest BCUT2D eigenvalue weighted by atomic mass is 9.95. The lowest BCUT2D eigenvalue weighted by Gasteiger charge is -2.21. The molecule has 0 aliphatic rings. The lowest BCUT2D eigenvalue weighted by Crippen LogP contribution is -2.42. The minimum Gasteiger partial charge on any atom is -0.350 e. The third-order valence-corrected chi connectivity index (χ3v) is 3.33. The minimum absolute atomic E-state index is 0.164. The number of rotatable bonds is 6. The Balaban J connectivity index is 2.60. The predicted octanol–water partition coefficient (Wildman–Crippen LogP) is 2.46. The number of benzene rings is 1. The SMILES string of the molecule is CCC(CC)C(N)CNC(=O)c1ccc(F)cc1F. The fourth-order valence-electron chi connectivity index (χ4n) is 2.04. The summed E-state index contributed by atoms with van der Waals surface area (Å²) in [6.45, 7) is 4.35. The molecular weight excluding hydrogens is 250 g/mol. The Morgan fingerprint density at radius 2 is 1.95 bits per heavy atom. The molecule has 1 rings (SSSR count). The van der Waals surface area contributed by atoms with Crippen LogP contribution in [-0.4, -0.2) is 18.5 Å². The molecule has 1 aromatic rings. The van der Waals surface area contributed by atoms with E-state index >= 15 is 0 Å². The monoisotopic (exact) mass is 270 g/mol. The Labute approximate surface area is 112 Å². The second-order valence-corrected chi connectivity index (χ2v) is 4.57. The zero-order valence-corrected chi connectivity index (χ0v) is 11.2. The zero-order chi connectivity index (χ0) is 14.4. The number of halogens is 2. The summed E-state index contributed by atoms with van der Waals surface area (Å²) in [7, 11) is 0. The third kappa shape index (κ3) is 4.28. The number of amides is 1. The van der Waals surface area contributed by atoms with Crippen LogP contribution in [-0.2, 0) is 0 Å². The number of nitrogens with one attached hydrogen (secondary N) is 1. The smallest absolute Gasteiger partial charge is 0.254 e. The molecule has 106 valence electrons. The van der Waals surface area contributed by atoms with Crippen LogP contribution in [0.25, 0.3) is 0 Å². The Kier molecular flexibility index (Phi) is 5.89. The molecule has 3 N–H and O–H groups in total. The topological polar surface area (TPSA) is 55.1 Å². The first-order valence-corrected chi connectivity index (χ1v) is 6.48. The third-order valence-electron chi connectivity index (χ3n) is 3.33. The van der Waals surface area contributed by atoms with Gasteiger partial charge in [-0.25, -0.2) is 8.78 Å². The molecule has 1 amide bonds. The Morgan fingerprint density at radius 1 is 1.32 bits per heavy atom. The summed E-state index contributed by atoms with van der Waals surface area (Å²) in [6, 6.07) is 2.71. The van der Waals surface area contributed by atoms with Gasteiger partial charge in [0.25, 0.3) is 5.91 Å². The van der Waals surface area contributed by atoms with Gasteiger partial charge in [0.1, 0.15) is 11.6 Å². The molecule has 0 saturated carbocycles. The van der Waals surface area contributed by atoms with Crippen molar-refractivity contribution in [3.05, 3.63) is 35.4 Å². The summed E-state index contributed by atoms with van der Waals surface area (Å²) in [5.41, 5.74) is 5.79. The highest BCUT2D eigenvalue weighted by atomic mass is 19.1. The molecule has 0 bridgehead atoms. The number of hydrogen-bond donors (Lipinski definition) is 2. The maximum atomic E-state index is 13.4. The van der Waals surface area contributed by atoms with Gasteiger partial charge in [-0.15, -0.1) is 0 Å². The molecule has 0 aromatic heterocycles. The molecule has 3 nitrogen and oxygen atoms in total. The lowest BCUT2D eigenvalue weighted by molar-refractivity contribution is 0.0943. The molecule has 0 aliphatic heterocycles. The van der Waals surface area contributed by atoms with Gasteiger partial charge in [0.2, 0.25) is 0 Å². The highest BCUT2D eigenvalue weighted by Crippen LogP contribution is 2.12. The summed E-state index contributed by atoms with van der Waals surface area (Å²) >= 11 is 0. The van der Waals surface area contributed by atoms with Gasteiger partial charge < -0.3 is 11.1 Å².